The molecule has 0 radical (unpaired) electrons. The topological polar surface area (TPSA) is 108 Å². The summed E-state index contributed by atoms with van der Waals surface area (Å²) in [5.41, 5.74) is 0. The molecule has 65 heavy (non-hydrogen) atoms. The van der Waals surface area contributed by atoms with Gasteiger partial charge in [0.05, 0.1) is 39.9 Å². The highest BCUT2D eigenvalue weighted by molar-refractivity contribution is 7.45. The van der Waals surface area contributed by atoms with Crippen LogP contribution >= 0.6 is 7.82 Å². The van der Waals surface area contributed by atoms with E-state index < -0.39 is 20.0 Å². The Morgan fingerprint density at radius 2 is 0.892 bits per heavy atom. The fourth-order valence-corrected chi connectivity index (χ4v) is 8.91. The summed E-state index contributed by atoms with van der Waals surface area (Å²) in [6.45, 7) is 4.65. The predicted octanol–water partition coefficient (Wildman–Crippen LogP) is 16.0. The number of rotatable bonds is 51. The van der Waals surface area contributed by atoms with Crippen LogP contribution in [0.15, 0.2) is 36.5 Å². The number of nitrogens with zero attached hydrogens (tertiary/aromatic N) is 1. The van der Waals surface area contributed by atoms with Gasteiger partial charge in [-0.05, 0) is 51.4 Å². The molecule has 0 spiro atoms. The lowest BCUT2D eigenvalue weighted by Crippen LogP contribution is -2.45. The molecule has 0 fully saturated rings. The Labute approximate surface area is 404 Å². The number of aliphatic hydroxyl groups excluding tert-OH is 1. The molecule has 9 heteroatoms. The Balaban J connectivity index is 4.23. The van der Waals surface area contributed by atoms with E-state index in [1.165, 1.54) is 193 Å². The molecule has 1 amide bonds. The van der Waals surface area contributed by atoms with Crippen molar-refractivity contribution in [2.75, 3.05) is 40.9 Å². The molecule has 384 valence electrons. The smallest absolute Gasteiger partial charge is 0.268 e. The highest BCUT2D eigenvalue weighted by Gasteiger charge is 2.23. The van der Waals surface area contributed by atoms with Gasteiger partial charge in [-0.15, -0.1) is 0 Å². The number of allylic oxidation sites excluding steroid dienone is 5. The van der Waals surface area contributed by atoms with Crippen LogP contribution in [0.1, 0.15) is 264 Å². The van der Waals surface area contributed by atoms with Gasteiger partial charge in [0.25, 0.3) is 7.82 Å². The number of quaternary nitrogens is 1. The third-order valence-electron chi connectivity index (χ3n) is 12.6. The minimum atomic E-state index is -4.60. The maximum Gasteiger partial charge on any atom is 0.268 e. The van der Waals surface area contributed by atoms with Crippen molar-refractivity contribution in [1.82, 2.24) is 5.32 Å². The summed E-state index contributed by atoms with van der Waals surface area (Å²) < 4.78 is 23.3. The molecule has 0 aliphatic heterocycles. The Bertz CT molecular complexity index is 1150. The highest BCUT2D eigenvalue weighted by atomic mass is 31.2. The van der Waals surface area contributed by atoms with Crippen molar-refractivity contribution in [3.8, 4) is 0 Å². The number of amides is 1. The molecule has 0 saturated heterocycles. The van der Waals surface area contributed by atoms with E-state index in [1.54, 1.807) is 6.08 Å². The maximum atomic E-state index is 12.9. The van der Waals surface area contributed by atoms with E-state index in [0.717, 1.165) is 51.4 Å². The van der Waals surface area contributed by atoms with Gasteiger partial charge in [0.2, 0.25) is 5.91 Å². The number of carbonyl (C=O) groups excluding carboxylic acids is 1. The van der Waals surface area contributed by atoms with Crippen LogP contribution in [0.2, 0.25) is 0 Å². The first-order valence-electron chi connectivity index (χ1n) is 27.9. The Hall–Kier alpha value is -1.28. The van der Waals surface area contributed by atoms with Crippen LogP contribution < -0.4 is 10.2 Å². The highest BCUT2D eigenvalue weighted by Crippen LogP contribution is 2.38. The summed E-state index contributed by atoms with van der Waals surface area (Å²) in [6.07, 6.45) is 60.7. The van der Waals surface area contributed by atoms with Gasteiger partial charge in [-0.3, -0.25) is 9.36 Å². The summed E-state index contributed by atoms with van der Waals surface area (Å²) in [7, 11) is 1.26. The van der Waals surface area contributed by atoms with Gasteiger partial charge < -0.3 is 28.8 Å². The van der Waals surface area contributed by atoms with Gasteiger partial charge >= 0.3 is 0 Å². The van der Waals surface area contributed by atoms with Crippen LogP contribution in [0.4, 0.5) is 0 Å². The van der Waals surface area contributed by atoms with Gasteiger partial charge in [0.1, 0.15) is 13.2 Å². The van der Waals surface area contributed by atoms with Gasteiger partial charge in [-0.2, -0.15) is 0 Å². The zero-order valence-electron chi connectivity index (χ0n) is 43.7. The largest absolute Gasteiger partial charge is 0.756 e. The molecule has 8 nitrogen and oxygen atoms in total. The van der Waals surface area contributed by atoms with Crippen LogP contribution in [0.3, 0.4) is 0 Å². The number of hydrogen-bond donors (Lipinski definition) is 2. The summed E-state index contributed by atoms with van der Waals surface area (Å²) in [5, 5.41) is 13.9. The Morgan fingerprint density at radius 1 is 0.538 bits per heavy atom. The van der Waals surface area contributed by atoms with Crippen molar-refractivity contribution in [1.29, 1.82) is 0 Å². The van der Waals surface area contributed by atoms with Crippen LogP contribution in [0, 0.1) is 0 Å². The molecule has 0 aliphatic rings. The second kappa shape index (κ2) is 47.8. The van der Waals surface area contributed by atoms with Gasteiger partial charge in [-0.1, -0.05) is 243 Å². The van der Waals surface area contributed by atoms with E-state index >= 15 is 0 Å². The lowest BCUT2D eigenvalue weighted by molar-refractivity contribution is -0.870. The van der Waals surface area contributed by atoms with E-state index in [0.29, 0.717) is 17.4 Å². The van der Waals surface area contributed by atoms with Gasteiger partial charge in [-0.25, -0.2) is 0 Å². The molecule has 0 heterocycles. The Morgan fingerprint density at radius 3 is 1.29 bits per heavy atom. The Kier molecular flexibility index (Phi) is 46.8. The van der Waals surface area contributed by atoms with Crippen molar-refractivity contribution in [2.45, 2.75) is 276 Å². The van der Waals surface area contributed by atoms with Crippen LogP contribution in [0.5, 0.6) is 0 Å². The molecule has 2 N–H and O–H groups in total. The molecule has 0 rings (SSSR count). The van der Waals surface area contributed by atoms with E-state index in [9.17, 15) is 19.4 Å². The summed E-state index contributed by atoms with van der Waals surface area (Å²) in [4.78, 5) is 25.5. The predicted molar refractivity (Wildman–Crippen MR) is 279 cm³/mol. The number of likely N-dealkylation sites (N-methyl/N-ethyl adjacent to an activating group) is 1. The fourth-order valence-electron chi connectivity index (χ4n) is 8.18. The second-order valence-corrected chi connectivity index (χ2v) is 21.7. The van der Waals surface area contributed by atoms with E-state index in [2.05, 4.69) is 43.5 Å². The first kappa shape index (κ1) is 63.7. The van der Waals surface area contributed by atoms with Crippen LogP contribution in [-0.4, -0.2) is 68.5 Å². The van der Waals surface area contributed by atoms with Crippen molar-refractivity contribution >= 4 is 13.7 Å². The lowest BCUT2D eigenvalue weighted by atomic mass is 10.0. The number of phosphoric acid groups is 1. The first-order chi connectivity index (χ1) is 31.5. The van der Waals surface area contributed by atoms with Gasteiger partial charge in [0.15, 0.2) is 0 Å². The van der Waals surface area contributed by atoms with Gasteiger partial charge in [0, 0.05) is 6.42 Å². The standard InChI is InChI=1S/C56H109N2O6P/c1-6-8-10-12-14-16-18-20-22-24-26-27-28-29-30-31-32-33-35-37-39-41-43-45-47-49-55(59)54(53-64-65(61,62)63-52-51-58(3,4)5)57-56(60)50-48-46-44-42-40-38-36-34-25-23-21-19-17-15-13-11-9-7-2/h17,19,23,25,47,49,54-55,59H,6-16,18,20-22,24,26-46,48,50-53H2,1-5H3,(H-,57,60,61,62)/b19-17-,25-23-,49-47+. The SMILES string of the molecule is CCCCCC/C=C\C/C=C\CCCCCCCCCC(=O)NC(COP(=O)([O-])OCC[N+](C)(C)C)C(O)/C=C/CCCCCCCCCCCCCCCCCCCCCCCCC. The number of phosphoric ester groups is 1. The molecule has 0 aliphatic carbocycles. The summed E-state index contributed by atoms with van der Waals surface area (Å²) >= 11 is 0. The molecule has 3 unspecified atom stereocenters. The molecular weight excluding hydrogens is 828 g/mol. The second-order valence-electron chi connectivity index (χ2n) is 20.3. The minimum absolute atomic E-state index is 0.00244. The van der Waals surface area contributed by atoms with E-state index in [4.69, 9.17) is 9.05 Å². The quantitative estimate of drug-likeness (QED) is 0.0272. The summed E-state index contributed by atoms with van der Waals surface area (Å²) in [6, 6.07) is -0.891. The average Bonchev–Trinajstić information content (AvgIpc) is 3.26. The van der Waals surface area contributed by atoms with Crippen molar-refractivity contribution in [2.24, 2.45) is 0 Å². The maximum absolute atomic E-state index is 12.9. The number of hydrogen-bond acceptors (Lipinski definition) is 6. The molecule has 0 aromatic heterocycles. The zero-order valence-corrected chi connectivity index (χ0v) is 44.6. The molecular formula is C56H109N2O6P. The lowest BCUT2D eigenvalue weighted by Gasteiger charge is -2.29. The molecule has 0 saturated carbocycles. The molecule has 0 aromatic carbocycles. The monoisotopic (exact) mass is 937 g/mol. The van der Waals surface area contributed by atoms with Crippen molar-refractivity contribution < 1.29 is 32.9 Å². The van der Waals surface area contributed by atoms with E-state index in [-0.39, 0.29) is 19.1 Å². The third kappa shape index (κ3) is 50.4. The third-order valence-corrected chi connectivity index (χ3v) is 13.6. The number of nitrogens with one attached hydrogen (secondary N) is 1. The molecule has 3 atom stereocenters. The number of aliphatic hydroxyl groups is 1. The normalized spacial score (nSPS) is 14.3. The van der Waals surface area contributed by atoms with E-state index in [1.807, 2.05) is 27.2 Å². The fraction of sp³-hybridized carbons (Fsp3) is 0.875. The van der Waals surface area contributed by atoms with Crippen molar-refractivity contribution in [3.63, 3.8) is 0 Å². The number of unbranched alkanes of at least 4 members (excludes halogenated alkanes) is 34. The van der Waals surface area contributed by atoms with Crippen LogP contribution in [0.25, 0.3) is 0 Å². The average molecular weight is 937 g/mol. The zero-order chi connectivity index (χ0) is 47.8. The minimum Gasteiger partial charge on any atom is -0.756 e. The molecule has 0 bridgehead atoms. The van der Waals surface area contributed by atoms with Crippen molar-refractivity contribution in [3.05, 3.63) is 36.5 Å². The van der Waals surface area contributed by atoms with Crippen LogP contribution in [-0.2, 0) is 18.4 Å². The summed E-state index contributed by atoms with van der Waals surface area (Å²) in [5.74, 6) is -0.203. The molecule has 0 aromatic rings. The number of carbonyl (C=O) groups is 1. The first-order valence-corrected chi connectivity index (χ1v) is 29.3.